The number of hydrogen-bond acceptors (Lipinski definition) is 7. The Bertz CT molecular complexity index is 1150. The van der Waals surface area contributed by atoms with Gasteiger partial charge in [0.05, 0.1) is 11.3 Å². The number of aromatic hydroxyl groups is 2. The molecule has 4 rings (SSSR count). The van der Waals surface area contributed by atoms with Crippen molar-refractivity contribution >= 4 is 5.91 Å². The third-order valence-electron chi connectivity index (χ3n) is 4.91. The number of nitrogens with one attached hydrogen (secondary N) is 1. The van der Waals surface area contributed by atoms with E-state index in [1.807, 2.05) is 41.5 Å². The summed E-state index contributed by atoms with van der Waals surface area (Å²) >= 11 is 0. The Balaban J connectivity index is 0.00000149. The zero-order chi connectivity index (χ0) is 24.3. The SMILES string of the molecule is CC.CC(C)NC(=O)c1nnc(-c2cc(C(C)C)c(O)cc2O)n1-c1ccc2c(c1)OCO2. The number of amides is 1. The van der Waals surface area contributed by atoms with Gasteiger partial charge in [-0.15, -0.1) is 10.2 Å². The highest BCUT2D eigenvalue weighted by atomic mass is 16.7. The fourth-order valence-electron chi connectivity index (χ4n) is 3.44. The Morgan fingerprint density at radius 1 is 1.00 bits per heavy atom. The Hall–Kier alpha value is -3.75. The lowest BCUT2D eigenvalue weighted by Gasteiger charge is -2.15. The lowest BCUT2D eigenvalue weighted by molar-refractivity contribution is 0.0930. The van der Waals surface area contributed by atoms with Gasteiger partial charge in [0.15, 0.2) is 17.3 Å². The highest BCUT2D eigenvalue weighted by Crippen LogP contribution is 2.39. The van der Waals surface area contributed by atoms with Gasteiger partial charge in [0, 0.05) is 18.2 Å². The second-order valence-electron chi connectivity index (χ2n) is 7.93. The van der Waals surface area contributed by atoms with Crippen molar-refractivity contribution in [2.75, 3.05) is 6.79 Å². The summed E-state index contributed by atoms with van der Waals surface area (Å²) in [6.07, 6.45) is 0. The number of fused-ring (bicyclic) bond motifs is 1. The molecule has 0 saturated carbocycles. The molecule has 3 aromatic rings. The first kappa shape index (κ1) is 23.9. The number of carbonyl (C=O) groups excluding carboxylic acids is 1. The van der Waals surface area contributed by atoms with Crippen LogP contribution in [0.5, 0.6) is 23.0 Å². The minimum absolute atomic E-state index is 0.00461. The Labute approximate surface area is 193 Å². The summed E-state index contributed by atoms with van der Waals surface area (Å²) in [7, 11) is 0. The van der Waals surface area contributed by atoms with Crippen molar-refractivity contribution in [3.63, 3.8) is 0 Å². The van der Waals surface area contributed by atoms with Crippen LogP contribution in [0.2, 0.25) is 0 Å². The van der Waals surface area contributed by atoms with Crippen LogP contribution in [0, 0.1) is 0 Å². The first-order valence-electron chi connectivity index (χ1n) is 11.0. The number of aromatic nitrogens is 3. The quantitative estimate of drug-likeness (QED) is 0.524. The Morgan fingerprint density at radius 2 is 1.70 bits per heavy atom. The van der Waals surface area contributed by atoms with Gasteiger partial charge < -0.3 is 25.0 Å². The number of ether oxygens (including phenoxy) is 2. The zero-order valence-electron chi connectivity index (χ0n) is 19.7. The summed E-state index contributed by atoms with van der Waals surface area (Å²) in [5.74, 6) is 0.855. The monoisotopic (exact) mass is 454 g/mol. The van der Waals surface area contributed by atoms with E-state index in [1.54, 1.807) is 28.8 Å². The van der Waals surface area contributed by atoms with Crippen LogP contribution < -0.4 is 14.8 Å². The van der Waals surface area contributed by atoms with Crippen LogP contribution in [0.4, 0.5) is 0 Å². The molecular weight excluding hydrogens is 424 g/mol. The predicted molar refractivity (Wildman–Crippen MR) is 124 cm³/mol. The van der Waals surface area contributed by atoms with Crippen molar-refractivity contribution in [2.45, 2.75) is 53.5 Å². The average molecular weight is 455 g/mol. The number of carbonyl (C=O) groups is 1. The lowest BCUT2D eigenvalue weighted by atomic mass is 9.98. The van der Waals surface area contributed by atoms with E-state index in [-0.39, 0.29) is 41.9 Å². The minimum atomic E-state index is -0.409. The van der Waals surface area contributed by atoms with Crippen LogP contribution in [-0.4, -0.2) is 43.7 Å². The van der Waals surface area contributed by atoms with Crippen LogP contribution in [0.1, 0.15) is 63.6 Å². The maximum absolute atomic E-state index is 12.8. The van der Waals surface area contributed by atoms with Gasteiger partial charge in [0.2, 0.25) is 12.6 Å². The van der Waals surface area contributed by atoms with Crippen molar-refractivity contribution in [3.8, 4) is 40.1 Å². The highest BCUT2D eigenvalue weighted by Gasteiger charge is 2.26. The first-order chi connectivity index (χ1) is 15.8. The third kappa shape index (κ3) is 4.72. The van der Waals surface area contributed by atoms with Crippen molar-refractivity contribution in [2.24, 2.45) is 0 Å². The van der Waals surface area contributed by atoms with Gasteiger partial charge in [0.1, 0.15) is 11.5 Å². The van der Waals surface area contributed by atoms with Gasteiger partial charge in [-0.2, -0.15) is 0 Å². The maximum atomic E-state index is 12.8. The second kappa shape index (κ2) is 9.81. The fraction of sp³-hybridized carbons (Fsp3) is 0.375. The van der Waals surface area contributed by atoms with Crippen molar-refractivity contribution in [3.05, 3.63) is 41.7 Å². The van der Waals surface area contributed by atoms with Gasteiger partial charge in [-0.3, -0.25) is 9.36 Å². The van der Waals surface area contributed by atoms with E-state index in [4.69, 9.17) is 9.47 Å². The molecule has 0 atom stereocenters. The number of phenolic OH excluding ortho intramolecular Hbond substituents is 2. The summed E-state index contributed by atoms with van der Waals surface area (Å²) in [5, 5.41) is 31.9. The maximum Gasteiger partial charge on any atom is 0.289 e. The number of rotatable bonds is 5. The molecule has 0 saturated heterocycles. The number of hydrogen-bond donors (Lipinski definition) is 3. The molecule has 9 heteroatoms. The molecule has 1 aliphatic rings. The largest absolute Gasteiger partial charge is 0.508 e. The molecule has 2 heterocycles. The second-order valence-corrected chi connectivity index (χ2v) is 7.93. The lowest BCUT2D eigenvalue weighted by Crippen LogP contribution is -2.32. The van der Waals surface area contributed by atoms with Crippen LogP contribution in [0.15, 0.2) is 30.3 Å². The molecule has 1 amide bonds. The molecule has 1 aliphatic heterocycles. The molecule has 0 bridgehead atoms. The van der Waals surface area contributed by atoms with Crippen LogP contribution >= 0.6 is 0 Å². The summed E-state index contributed by atoms with van der Waals surface area (Å²) in [6, 6.07) is 8.05. The first-order valence-corrected chi connectivity index (χ1v) is 11.0. The Morgan fingerprint density at radius 3 is 2.36 bits per heavy atom. The molecule has 33 heavy (non-hydrogen) atoms. The van der Waals surface area contributed by atoms with E-state index in [2.05, 4.69) is 15.5 Å². The normalized spacial score (nSPS) is 12.0. The van der Waals surface area contributed by atoms with Gasteiger partial charge in [-0.25, -0.2) is 0 Å². The van der Waals surface area contributed by atoms with Crippen LogP contribution in [0.3, 0.4) is 0 Å². The highest BCUT2D eigenvalue weighted by molar-refractivity contribution is 5.92. The minimum Gasteiger partial charge on any atom is -0.508 e. The fourth-order valence-corrected chi connectivity index (χ4v) is 3.44. The Kier molecular flexibility index (Phi) is 7.10. The average Bonchev–Trinajstić information content (AvgIpc) is 3.41. The molecule has 0 unspecified atom stereocenters. The number of nitrogens with zero attached hydrogens (tertiary/aromatic N) is 3. The van der Waals surface area contributed by atoms with Crippen molar-refractivity contribution in [1.29, 1.82) is 0 Å². The van der Waals surface area contributed by atoms with E-state index in [9.17, 15) is 15.0 Å². The molecule has 2 aromatic carbocycles. The molecule has 176 valence electrons. The molecule has 1 aromatic heterocycles. The molecule has 3 N–H and O–H groups in total. The topological polar surface area (TPSA) is 119 Å². The molecule has 0 radical (unpaired) electrons. The van der Waals surface area contributed by atoms with E-state index in [1.165, 1.54) is 6.07 Å². The molecule has 0 fully saturated rings. The summed E-state index contributed by atoms with van der Waals surface area (Å²) < 4.78 is 12.4. The standard InChI is InChI=1S/C22H24N4O5.C2H6/c1-11(2)14-8-15(17(28)9-16(14)27)20-24-25-21(22(29)23-12(3)4)26(20)13-5-6-18-19(7-13)31-10-30-18;1-2/h5-9,11-12,27-28H,10H2,1-4H3,(H,23,29);1-2H3. The van der Waals surface area contributed by atoms with Gasteiger partial charge in [0.25, 0.3) is 5.91 Å². The summed E-state index contributed by atoms with van der Waals surface area (Å²) in [6.45, 7) is 11.7. The molecule has 0 spiro atoms. The van der Waals surface area contributed by atoms with E-state index in [0.29, 0.717) is 28.3 Å². The number of benzene rings is 2. The van der Waals surface area contributed by atoms with Gasteiger partial charge in [-0.1, -0.05) is 27.7 Å². The van der Waals surface area contributed by atoms with Crippen LogP contribution in [-0.2, 0) is 0 Å². The zero-order valence-corrected chi connectivity index (χ0v) is 19.7. The number of phenols is 2. The summed E-state index contributed by atoms with van der Waals surface area (Å²) in [4.78, 5) is 12.8. The van der Waals surface area contributed by atoms with E-state index < -0.39 is 5.91 Å². The van der Waals surface area contributed by atoms with Crippen molar-refractivity contribution < 1.29 is 24.5 Å². The van der Waals surface area contributed by atoms with Crippen molar-refractivity contribution in [1.82, 2.24) is 20.1 Å². The molecule has 9 nitrogen and oxygen atoms in total. The summed E-state index contributed by atoms with van der Waals surface area (Å²) in [5.41, 5.74) is 1.55. The van der Waals surface area contributed by atoms with Crippen LogP contribution in [0.25, 0.3) is 17.1 Å². The van der Waals surface area contributed by atoms with Gasteiger partial charge in [-0.05, 0) is 43.5 Å². The third-order valence-corrected chi connectivity index (χ3v) is 4.91. The van der Waals surface area contributed by atoms with E-state index in [0.717, 1.165) is 0 Å². The smallest absolute Gasteiger partial charge is 0.289 e. The van der Waals surface area contributed by atoms with Gasteiger partial charge >= 0.3 is 0 Å². The predicted octanol–water partition coefficient (Wildman–Crippen LogP) is 4.36. The molecule has 0 aliphatic carbocycles. The molecular formula is C24H30N4O5. The van der Waals surface area contributed by atoms with E-state index >= 15 is 0 Å².